The van der Waals surface area contributed by atoms with E-state index in [0.717, 1.165) is 50.4 Å². The minimum atomic E-state index is -1.46. The SMILES string of the molecule is CC[C@H](OC)[C@@H](C)[C@H]1O[C@@H]1C(NCc1ccc(N2CCCOCC2)cc1)C(C)(O)C=CC=C(C)C1OC(=O)C[C@H](O)CC[C@@](C)(O)[C@@H](OC(C)=O)C=C[C@@H]1C. The Morgan fingerprint density at radius 3 is 2.56 bits per heavy atom. The Morgan fingerprint density at radius 2 is 1.89 bits per heavy atom. The van der Waals surface area contributed by atoms with Crippen LogP contribution in [0.15, 0.2) is 60.2 Å². The number of allylic oxidation sites excluding steroid dienone is 2. The number of cyclic esters (lactones) is 1. The zero-order valence-electron chi connectivity index (χ0n) is 34.1. The molecule has 0 saturated carbocycles. The summed E-state index contributed by atoms with van der Waals surface area (Å²) >= 11 is 0. The molecule has 2 saturated heterocycles. The van der Waals surface area contributed by atoms with Crippen molar-refractivity contribution in [1.29, 1.82) is 0 Å². The van der Waals surface area contributed by atoms with Crippen LogP contribution in [0.2, 0.25) is 0 Å². The topological polar surface area (TPSA) is 160 Å². The molecule has 0 bridgehead atoms. The molecule has 12 heteroatoms. The van der Waals surface area contributed by atoms with Crippen LogP contribution in [-0.4, -0.2) is 115 Å². The molecule has 1 aromatic rings. The van der Waals surface area contributed by atoms with Gasteiger partial charge in [0.15, 0.2) is 0 Å². The maximum atomic E-state index is 13.0. The van der Waals surface area contributed by atoms with Crippen LogP contribution in [0.25, 0.3) is 0 Å². The lowest BCUT2D eigenvalue weighted by Gasteiger charge is -2.32. The molecule has 308 valence electrons. The summed E-state index contributed by atoms with van der Waals surface area (Å²) in [6, 6.07) is 8.04. The van der Waals surface area contributed by atoms with Crippen molar-refractivity contribution in [1.82, 2.24) is 5.32 Å². The monoisotopic (exact) mass is 770 g/mol. The van der Waals surface area contributed by atoms with Gasteiger partial charge in [-0.05, 0) is 75.8 Å². The largest absolute Gasteiger partial charge is 0.457 e. The van der Waals surface area contributed by atoms with E-state index in [1.165, 1.54) is 6.92 Å². The number of methoxy groups -OCH3 is 1. The summed E-state index contributed by atoms with van der Waals surface area (Å²) in [4.78, 5) is 27.2. The molecule has 3 aliphatic heterocycles. The van der Waals surface area contributed by atoms with E-state index in [1.54, 1.807) is 51.3 Å². The van der Waals surface area contributed by atoms with Crippen LogP contribution in [0.1, 0.15) is 86.1 Å². The van der Waals surface area contributed by atoms with Crippen molar-refractivity contribution in [2.24, 2.45) is 11.8 Å². The van der Waals surface area contributed by atoms with Crippen molar-refractivity contribution in [2.75, 3.05) is 38.3 Å². The van der Waals surface area contributed by atoms with Crippen molar-refractivity contribution in [2.45, 2.75) is 141 Å². The van der Waals surface area contributed by atoms with E-state index in [-0.39, 0.29) is 49.4 Å². The van der Waals surface area contributed by atoms with E-state index in [0.29, 0.717) is 12.1 Å². The minimum Gasteiger partial charge on any atom is -0.457 e. The van der Waals surface area contributed by atoms with Gasteiger partial charge in [0.2, 0.25) is 0 Å². The van der Waals surface area contributed by atoms with Gasteiger partial charge in [0, 0.05) is 57.8 Å². The zero-order valence-corrected chi connectivity index (χ0v) is 34.1. The van der Waals surface area contributed by atoms with Gasteiger partial charge >= 0.3 is 11.9 Å². The molecule has 0 amide bonds. The highest BCUT2D eigenvalue weighted by molar-refractivity contribution is 5.70. The zero-order chi connectivity index (χ0) is 40.3. The number of epoxide rings is 1. The number of hydrogen-bond donors (Lipinski definition) is 4. The number of anilines is 1. The Hall–Kier alpha value is -3.10. The summed E-state index contributed by atoms with van der Waals surface area (Å²) in [5.74, 6) is -1.38. The lowest BCUT2D eigenvalue weighted by Crippen LogP contribution is -2.52. The van der Waals surface area contributed by atoms with Gasteiger partial charge in [-0.25, -0.2) is 0 Å². The second-order valence-corrected chi connectivity index (χ2v) is 16.0. The fourth-order valence-electron chi connectivity index (χ4n) is 7.73. The van der Waals surface area contributed by atoms with Gasteiger partial charge < -0.3 is 49.2 Å². The molecular formula is C43H66N2O10. The van der Waals surface area contributed by atoms with E-state index < -0.39 is 47.5 Å². The third-order valence-corrected chi connectivity index (χ3v) is 11.2. The van der Waals surface area contributed by atoms with Crippen molar-refractivity contribution in [3.63, 3.8) is 0 Å². The molecule has 3 unspecified atom stereocenters. The average Bonchev–Trinajstić information content (AvgIpc) is 3.96. The molecule has 0 radical (unpaired) electrons. The van der Waals surface area contributed by atoms with E-state index in [4.69, 9.17) is 23.7 Å². The third kappa shape index (κ3) is 13.0. The van der Waals surface area contributed by atoms with E-state index >= 15 is 0 Å². The normalized spacial score (nSPS) is 31.3. The van der Waals surface area contributed by atoms with Crippen LogP contribution < -0.4 is 10.2 Å². The van der Waals surface area contributed by atoms with Gasteiger partial charge in [0.25, 0.3) is 0 Å². The van der Waals surface area contributed by atoms with Crippen LogP contribution in [-0.2, 0) is 39.8 Å². The molecule has 3 heterocycles. The first-order valence-electron chi connectivity index (χ1n) is 19.9. The second-order valence-electron chi connectivity index (χ2n) is 16.0. The number of benzene rings is 1. The standard InChI is InChI=1S/C43H66N2O10/c1-9-35(51-8)30(4)39-40(55-39)41(44-27-32-14-16-33(17-15-32)45-22-11-24-52-25-23-45)43(7,50)20-10-12-28(2)38-29(3)13-18-36(53-31(5)46)42(6,49)21-19-34(47)26-37(48)54-38/h10,12-18,20,29-30,34-36,38-41,44,47,49-50H,9,11,19,21-27H2,1-8H3/t29-,30+,34+,35-,36-,38?,39+,40-,41?,42+,43?/m0/s1. The van der Waals surface area contributed by atoms with Crippen LogP contribution in [0.3, 0.4) is 0 Å². The quantitative estimate of drug-likeness (QED) is 0.0889. The van der Waals surface area contributed by atoms with Crippen LogP contribution in [0.4, 0.5) is 5.69 Å². The number of hydrogen-bond acceptors (Lipinski definition) is 12. The Kier molecular flexibility index (Phi) is 16.5. The Morgan fingerprint density at radius 1 is 1.16 bits per heavy atom. The molecule has 0 aromatic heterocycles. The number of aliphatic hydroxyl groups is 3. The molecule has 3 aliphatic rings. The minimum absolute atomic E-state index is 0.0277. The predicted octanol–water partition coefficient (Wildman–Crippen LogP) is 4.79. The number of aliphatic hydroxyl groups excluding tert-OH is 1. The van der Waals surface area contributed by atoms with Gasteiger partial charge in [-0.2, -0.15) is 0 Å². The highest BCUT2D eigenvalue weighted by Crippen LogP contribution is 2.39. The van der Waals surface area contributed by atoms with Gasteiger partial charge in [0.05, 0.1) is 43.0 Å². The average molecular weight is 771 g/mol. The maximum Gasteiger partial charge on any atom is 0.309 e. The van der Waals surface area contributed by atoms with Gasteiger partial charge in [-0.1, -0.05) is 57.2 Å². The van der Waals surface area contributed by atoms with Crippen LogP contribution in [0, 0.1) is 11.8 Å². The molecule has 4 rings (SSSR count). The number of rotatable bonds is 14. The molecule has 12 nitrogen and oxygen atoms in total. The summed E-state index contributed by atoms with van der Waals surface area (Å²) in [6.07, 6.45) is 7.43. The van der Waals surface area contributed by atoms with Gasteiger partial charge in [-0.3, -0.25) is 9.59 Å². The second kappa shape index (κ2) is 20.4. The molecule has 1 aromatic carbocycles. The molecule has 55 heavy (non-hydrogen) atoms. The fourth-order valence-corrected chi connectivity index (χ4v) is 7.73. The Bertz CT molecular complexity index is 1460. The summed E-state index contributed by atoms with van der Waals surface area (Å²) in [5, 5.41) is 37.4. The molecule has 0 aliphatic carbocycles. The number of esters is 2. The first-order chi connectivity index (χ1) is 26.1. The van der Waals surface area contributed by atoms with Gasteiger partial charge in [-0.15, -0.1) is 0 Å². The third-order valence-electron chi connectivity index (χ3n) is 11.2. The van der Waals surface area contributed by atoms with Crippen molar-refractivity contribution in [3.8, 4) is 0 Å². The Balaban J connectivity index is 1.55. The molecular weight excluding hydrogens is 704 g/mol. The number of nitrogens with one attached hydrogen (secondary N) is 1. The fraction of sp³-hybridized carbons (Fsp3) is 0.674. The van der Waals surface area contributed by atoms with E-state index in [9.17, 15) is 24.9 Å². The number of carbonyl (C=O) groups is 2. The number of nitrogens with zero attached hydrogens (tertiary/aromatic N) is 1. The first kappa shape index (κ1) is 44.6. The Labute approximate surface area is 327 Å². The maximum absolute atomic E-state index is 13.0. The lowest BCUT2D eigenvalue weighted by molar-refractivity contribution is -0.157. The molecule has 2 fully saturated rings. The number of carbonyl (C=O) groups excluding carboxylic acids is 2. The van der Waals surface area contributed by atoms with Crippen molar-refractivity contribution >= 4 is 17.6 Å². The lowest BCUT2D eigenvalue weighted by atomic mass is 9.87. The predicted molar refractivity (Wildman–Crippen MR) is 211 cm³/mol. The summed E-state index contributed by atoms with van der Waals surface area (Å²) in [7, 11) is 1.72. The highest BCUT2D eigenvalue weighted by Gasteiger charge is 2.54. The first-order valence-corrected chi connectivity index (χ1v) is 19.9. The summed E-state index contributed by atoms with van der Waals surface area (Å²) < 4.78 is 29.0. The van der Waals surface area contributed by atoms with E-state index in [1.807, 2.05) is 13.8 Å². The number of ether oxygens (including phenoxy) is 5. The summed E-state index contributed by atoms with van der Waals surface area (Å²) in [5.41, 5.74) is 0.133. The molecule has 0 spiro atoms. The van der Waals surface area contributed by atoms with Crippen molar-refractivity contribution < 1.29 is 48.6 Å². The van der Waals surface area contributed by atoms with Crippen molar-refractivity contribution in [3.05, 3.63) is 65.8 Å². The van der Waals surface area contributed by atoms with Crippen LogP contribution in [0.5, 0.6) is 0 Å². The molecule has 4 N–H and O–H groups in total. The smallest absolute Gasteiger partial charge is 0.309 e. The van der Waals surface area contributed by atoms with Gasteiger partial charge in [0.1, 0.15) is 23.9 Å². The van der Waals surface area contributed by atoms with Crippen LogP contribution >= 0.6 is 0 Å². The summed E-state index contributed by atoms with van der Waals surface area (Å²) in [6.45, 7) is 16.3. The molecule has 11 atom stereocenters. The van der Waals surface area contributed by atoms with E-state index in [2.05, 4.69) is 48.3 Å². The highest BCUT2D eigenvalue weighted by atomic mass is 16.6.